The van der Waals surface area contributed by atoms with Gasteiger partial charge in [-0.15, -0.1) is 0 Å². The Labute approximate surface area is 183 Å². The van der Waals surface area contributed by atoms with Gasteiger partial charge in [-0.25, -0.2) is 9.97 Å². The average Bonchev–Trinajstić information content (AvgIpc) is 2.77. The molecule has 2 amide bonds. The summed E-state index contributed by atoms with van der Waals surface area (Å²) in [5, 5.41) is 0. The van der Waals surface area contributed by atoms with E-state index in [9.17, 15) is 9.59 Å². The van der Waals surface area contributed by atoms with Crippen LogP contribution in [0.25, 0.3) is 0 Å². The first-order valence-electron chi connectivity index (χ1n) is 10.6. The predicted octanol–water partition coefficient (Wildman–Crippen LogP) is 2.65. The van der Waals surface area contributed by atoms with Gasteiger partial charge in [0.25, 0.3) is 5.91 Å². The minimum Gasteiger partial charge on any atom is -0.484 e. The molecule has 0 bridgehead atoms. The predicted molar refractivity (Wildman–Crippen MR) is 119 cm³/mol. The number of ether oxygens (including phenoxy) is 1. The topological polar surface area (TPSA) is 78.9 Å². The highest BCUT2D eigenvalue weighted by molar-refractivity contribution is 5.78. The molecule has 2 heterocycles. The van der Waals surface area contributed by atoms with E-state index in [0.29, 0.717) is 24.7 Å². The molecule has 1 aliphatic rings. The molecular formula is C23H31N5O3. The molecule has 1 aliphatic heterocycles. The summed E-state index contributed by atoms with van der Waals surface area (Å²) < 4.78 is 5.69. The van der Waals surface area contributed by atoms with Crippen LogP contribution in [0.15, 0.2) is 36.4 Å². The molecule has 8 nitrogen and oxygen atoms in total. The van der Waals surface area contributed by atoms with Crippen LogP contribution in [0.4, 0.5) is 5.82 Å². The highest BCUT2D eigenvalue weighted by Gasteiger charge is 2.31. The van der Waals surface area contributed by atoms with Crippen molar-refractivity contribution in [1.29, 1.82) is 0 Å². The van der Waals surface area contributed by atoms with Crippen molar-refractivity contribution >= 4 is 17.6 Å². The number of para-hydroxylation sites is 1. The van der Waals surface area contributed by atoms with Crippen molar-refractivity contribution in [3.05, 3.63) is 47.9 Å². The Morgan fingerprint density at radius 3 is 2.55 bits per heavy atom. The van der Waals surface area contributed by atoms with Crippen LogP contribution in [0.3, 0.4) is 0 Å². The molecule has 0 aliphatic carbocycles. The normalized spacial score (nSPS) is 16.0. The van der Waals surface area contributed by atoms with E-state index in [2.05, 4.69) is 0 Å². The van der Waals surface area contributed by atoms with Gasteiger partial charge < -0.3 is 19.4 Å². The largest absolute Gasteiger partial charge is 0.484 e. The second-order valence-electron chi connectivity index (χ2n) is 8.05. The maximum atomic E-state index is 13.0. The molecular weight excluding hydrogens is 394 g/mol. The smallest absolute Gasteiger partial charge is 0.261 e. The number of nitrogens with zero attached hydrogens (tertiary/aromatic N) is 5. The van der Waals surface area contributed by atoms with Crippen LogP contribution in [-0.2, 0) is 16.1 Å². The van der Waals surface area contributed by atoms with Crippen molar-refractivity contribution in [3.8, 4) is 5.75 Å². The van der Waals surface area contributed by atoms with Crippen molar-refractivity contribution in [3.63, 3.8) is 0 Å². The van der Waals surface area contributed by atoms with Crippen molar-refractivity contribution in [1.82, 2.24) is 19.8 Å². The van der Waals surface area contributed by atoms with E-state index in [1.54, 1.807) is 11.9 Å². The van der Waals surface area contributed by atoms with E-state index in [4.69, 9.17) is 14.7 Å². The molecule has 1 saturated heterocycles. The van der Waals surface area contributed by atoms with Gasteiger partial charge in [0.2, 0.25) is 5.91 Å². The van der Waals surface area contributed by atoms with E-state index in [-0.39, 0.29) is 24.5 Å². The number of rotatable bonds is 7. The molecule has 166 valence electrons. The average molecular weight is 426 g/mol. The summed E-state index contributed by atoms with van der Waals surface area (Å²) in [5.41, 5.74) is 0.755. The number of hydrogen-bond donors (Lipinski definition) is 0. The molecule has 1 aromatic heterocycles. The van der Waals surface area contributed by atoms with Crippen molar-refractivity contribution in [2.24, 2.45) is 0 Å². The second kappa shape index (κ2) is 10.2. The molecule has 2 aromatic rings. The van der Waals surface area contributed by atoms with Crippen LogP contribution in [0.2, 0.25) is 0 Å². The number of piperidine rings is 1. The zero-order valence-electron chi connectivity index (χ0n) is 18.7. The van der Waals surface area contributed by atoms with Gasteiger partial charge in [0, 0.05) is 40.7 Å². The molecule has 1 aromatic carbocycles. The molecule has 1 atom stereocenters. The maximum Gasteiger partial charge on any atom is 0.261 e. The van der Waals surface area contributed by atoms with Crippen LogP contribution in [0.1, 0.15) is 43.7 Å². The van der Waals surface area contributed by atoms with Gasteiger partial charge in [0.1, 0.15) is 11.6 Å². The summed E-state index contributed by atoms with van der Waals surface area (Å²) in [5.74, 6) is 1.94. The molecule has 0 radical (unpaired) electrons. The maximum absolute atomic E-state index is 13.0. The Morgan fingerprint density at radius 1 is 1.13 bits per heavy atom. The fourth-order valence-corrected chi connectivity index (χ4v) is 3.56. The second-order valence-corrected chi connectivity index (χ2v) is 8.05. The van der Waals surface area contributed by atoms with Crippen LogP contribution < -0.4 is 9.64 Å². The molecule has 0 saturated carbocycles. The Kier molecular flexibility index (Phi) is 7.44. The first kappa shape index (κ1) is 22.5. The van der Waals surface area contributed by atoms with Gasteiger partial charge >= 0.3 is 0 Å². The minimum absolute atomic E-state index is 0.0200. The Morgan fingerprint density at radius 2 is 1.87 bits per heavy atom. The van der Waals surface area contributed by atoms with E-state index in [1.165, 1.54) is 6.92 Å². The summed E-state index contributed by atoms with van der Waals surface area (Å²) >= 11 is 0. The molecule has 31 heavy (non-hydrogen) atoms. The fourth-order valence-electron chi connectivity index (χ4n) is 3.56. The van der Waals surface area contributed by atoms with Gasteiger partial charge in [-0.2, -0.15) is 0 Å². The summed E-state index contributed by atoms with van der Waals surface area (Å²) in [6, 6.07) is 11.0. The Bertz CT molecular complexity index is 903. The molecule has 0 spiro atoms. The van der Waals surface area contributed by atoms with Gasteiger partial charge in [0.05, 0.1) is 18.3 Å². The number of benzene rings is 1. The number of hydrogen-bond acceptors (Lipinski definition) is 6. The number of carbonyl (C=O) groups is 2. The lowest BCUT2D eigenvalue weighted by Gasteiger charge is -2.35. The zero-order valence-corrected chi connectivity index (χ0v) is 18.7. The number of anilines is 1. The van der Waals surface area contributed by atoms with Crippen molar-refractivity contribution in [2.75, 3.05) is 39.2 Å². The van der Waals surface area contributed by atoms with Crippen LogP contribution in [-0.4, -0.2) is 65.9 Å². The molecule has 1 fully saturated rings. The van der Waals surface area contributed by atoms with Crippen molar-refractivity contribution < 1.29 is 14.3 Å². The SMILES string of the molecule is CC(=O)N(C)Cc1cc(N(C)C)nc([C@@H]2CCCCN2C(=O)COc2ccccc2)n1. The molecule has 3 rings (SSSR count). The van der Waals surface area contributed by atoms with Crippen LogP contribution in [0, 0.1) is 0 Å². The zero-order chi connectivity index (χ0) is 22.4. The lowest BCUT2D eigenvalue weighted by atomic mass is 10.0. The summed E-state index contributed by atoms with van der Waals surface area (Å²) in [7, 11) is 5.58. The van der Waals surface area contributed by atoms with Gasteiger partial charge in [-0.05, 0) is 31.4 Å². The molecule has 0 N–H and O–H groups in total. The standard InChI is InChI=1S/C23H31N5O3/c1-17(29)27(4)15-18-14-21(26(2)3)25-23(24-18)20-12-8-9-13-28(20)22(30)16-31-19-10-6-5-7-11-19/h5-7,10-11,14,20H,8-9,12-13,15-16H2,1-4H3/t20-/m0/s1. The molecule has 0 unspecified atom stereocenters. The van der Waals surface area contributed by atoms with Gasteiger partial charge in [-0.1, -0.05) is 18.2 Å². The van der Waals surface area contributed by atoms with Gasteiger partial charge in [0.15, 0.2) is 12.4 Å². The summed E-state index contributed by atoms with van der Waals surface area (Å²) in [6.07, 6.45) is 2.75. The quantitative estimate of drug-likeness (QED) is 0.679. The Balaban J connectivity index is 1.82. The third-order valence-electron chi connectivity index (χ3n) is 5.40. The number of amides is 2. The lowest BCUT2D eigenvalue weighted by Crippen LogP contribution is -2.42. The van der Waals surface area contributed by atoms with E-state index in [0.717, 1.165) is 30.8 Å². The first-order chi connectivity index (χ1) is 14.8. The molecule has 8 heteroatoms. The van der Waals surface area contributed by atoms with E-state index >= 15 is 0 Å². The van der Waals surface area contributed by atoms with Crippen molar-refractivity contribution in [2.45, 2.75) is 38.8 Å². The van der Waals surface area contributed by atoms with E-state index in [1.807, 2.05) is 60.3 Å². The third-order valence-corrected chi connectivity index (χ3v) is 5.40. The minimum atomic E-state index is -0.207. The van der Waals surface area contributed by atoms with E-state index < -0.39 is 0 Å². The Hall–Kier alpha value is -3.16. The monoisotopic (exact) mass is 425 g/mol. The summed E-state index contributed by atoms with van der Waals surface area (Å²) in [6.45, 7) is 2.56. The lowest BCUT2D eigenvalue weighted by molar-refractivity contribution is -0.137. The highest BCUT2D eigenvalue weighted by atomic mass is 16.5. The fraction of sp³-hybridized carbons (Fsp3) is 0.478. The number of carbonyl (C=O) groups excluding carboxylic acids is 2. The number of aromatic nitrogens is 2. The highest BCUT2D eigenvalue weighted by Crippen LogP contribution is 2.30. The summed E-state index contributed by atoms with van der Waals surface area (Å²) in [4.78, 5) is 39.5. The van der Waals surface area contributed by atoms with Crippen LogP contribution in [0.5, 0.6) is 5.75 Å². The van der Waals surface area contributed by atoms with Crippen LogP contribution >= 0.6 is 0 Å². The first-order valence-corrected chi connectivity index (χ1v) is 10.6. The van der Waals surface area contributed by atoms with Gasteiger partial charge in [-0.3, -0.25) is 9.59 Å². The third kappa shape index (κ3) is 5.93. The number of likely N-dealkylation sites (tertiary alicyclic amines) is 1.